The molecule has 19 heavy (non-hydrogen) atoms. The van der Waals surface area contributed by atoms with Crippen LogP contribution in [0, 0.1) is 5.92 Å². The number of nitrogens with two attached hydrogens (primary N) is 2. The quantitative estimate of drug-likeness (QED) is 0.795. The van der Waals surface area contributed by atoms with Crippen LogP contribution in [0.2, 0.25) is 0 Å². The molecule has 0 aromatic heterocycles. The summed E-state index contributed by atoms with van der Waals surface area (Å²) in [5, 5.41) is 0. The third-order valence-electron chi connectivity index (χ3n) is 4.85. The van der Waals surface area contributed by atoms with E-state index in [-0.39, 0.29) is 5.91 Å². The summed E-state index contributed by atoms with van der Waals surface area (Å²) in [6, 6.07) is 1.14. The Balaban J connectivity index is 2.05. The highest BCUT2D eigenvalue weighted by Gasteiger charge is 2.44. The molecule has 0 aliphatic heterocycles. The van der Waals surface area contributed by atoms with Gasteiger partial charge in [0.1, 0.15) is 0 Å². The molecule has 0 aromatic carbocycles. The Morgan fingerprint density at radius 1 is 1.26 bits per heavy atom. The first-order valence-corrected chi connectivity index (χ1v) is 7.77. The molecule has 0 saturated heterocycles. The van der Waals surface area contributed by atoms with Crippen molar-refractivity contribution in [1.29, 1.82) is 0 Å². The minimum atomic E-state index is -0.765. The molecule has 0 aromatic rings. The molecule has 0 radical (unpaired) electrons. The fourth-order valence-corrected chi connectivity index (χ4v) is 3.81. The van der Waals surface area contributed by atoms with Gasteiger partial charge in [-0.2, -0.15) is 0 Å². The molecule has 0 bridgehead atoms. The summed E-state index contributed by atoms with van der Waals surface area (Å²) in [6.07, 6.45) is 7.79. The van der Waals surface area contributed by atoms with Crippen molar-refractivity contribution in [3.05, 3.63) is 0 Å². The summed E-state index contributed by atoms with van der Waals surface area (Å²) < 4.78 is 0. The van der Waals surface area contributed by atoms with Gasteiger partial charge >= 0.3 is 0 Å². The lowest BCUT2D eigenvalue weighted by Gasteiger charge is -2.36. The van der Waals surface area contributed by atoms with E-state index in [9.17, 15) is 4.79 Å². The smallest absolute Gasteiger partial charge is 0.237 e. The first-order chi connectivity index (χ1) is 8.92. The molecule has 2 rings (SSSR count). The van der Waals surface area contributed by atoms with Crippen LogP contribution < -0.4 is 11.5 Å². The van der Waals surface area contributed by atoms with Crippen molar-refractivity contribution in [2.45, 2.75) is 76.4 Å². The number of carbonyl (C=O) groups is 1. The molecule has 0 heterocycles. The van der Waals surface area contributed by atoms with Gasteiger partial charge in [-0.1, -0.05) is 26.7 Å². The van der Waals surface area contributed by atoms with Crippen molar-refractivity contribution in [3.8, 4) is 0 Å². The van der Waals surface area contributed by atoms with Crippen molar-refractivity contribution in [3.63, 3.8) is 0 Å². The third kappa shape index (κ3) is 3.29. The minimum absolute atomic E-state index is 0.328. The second kappa shape index (κ2) is 5.80. The Labute approximate surface area is 116 Å². The summed E-state index contributed by atoms with van der Waals surface area (Å²) >= 11 is 0. The Morgan fingerprint density at radius 2 is 1.89 bits per heavy atom. The number of rotatable bonds is 5. The van der Waals surface area contributed by atoms with E-state index >= 15 is 0 Å². The Hall–Kier alpha value is -0.610. The number of nitrogens with zero attached hydrogens (tertiary/aromatic N) is 1. The van der Waals surface area contributed by atoms with Crippen molar-refractivity contribution < 1.29 is 4.79 Å². The molecule has 0 spiro atoms. The van der Waals surface area contributed by atoms with Gasteiger partial charge in [0.05, 0.1) is 5.54 Å². The van der Waals surface area contributed by atoms with Gasteiger partial charge in [0, 0.05) is 18.6 Å². The maximum atomic E-state index is 11.5. The molecule has 2 unspecified atom stereocenters. The standard InChI is InChI=1S/C15H29N3O/c1-11(2)10-18(12-5-3-4-6-12)13-7-8-15(17,9-13)14(16)19/h11-13H,3-10,17H2,1-2H3,(H2,16,19). The van der Waals surface area contributed by atoms with Crippen LogP contribution in [0.15, 0.2) is 0 Å². The Bertz CT molecular complexity index is 325. The molecule has 2 saturated carbocycles. The van der Waals surface area contributed by atoms with E-state index in [0.29, 0.717) is 18.0 Å². The van der Waals surface area contributed by atoms with Crippen molar-refractivity contribution >= 4 is 5.91 Å². The largest absolute Gasteiger partial charge is 0.368 e. The number of hydrogen-bond acceptors (Lipinski definition) is 3. The van der Waals surface area contributed by atoms with Crippen molar-refractivity contribution in [1.82, 2.24) is 4.90 Å². The van der Waals surface area contributed by atoms with Crippen LogP contribution in [0.5, 0.6) is 0 Å². The van der Waals surface area contributed by atoms with Crippen molar-refractivity contribution in [2.24, 2.45) is 17.4 Å². The highest BCUT2D eigenvalue weighted by molar-refractivity contribution is 5.84. The molecule has 2 aliphatic rings. The first kappa shape index (κ1) is 14.8. The topological polar surface area (TPSA) is 72.3 Å². The van der Waals surface area contributed by atoms with Crippen LogP contribution in [0.1, 0.15) is 58.8 Å². The molecular formula is C15H29N3O. The van der Waals surface area contributed by atoms with Gasteiger partial charge < -0.3 is 11.5 Å². The number of hydrogen-bond donors (Lipinski definition) is 2. The fourth-order valence-electron chi connectivity index (χ4n) is 3.81. The van der Waals surface area contributed by atoms with Crippen LogP contribution in [-0.2, 0) is 4.79 Å². The Morgan fingerprint density at radius 3 is 2.37 bits per heavy atom. The van der Waals surface area contributed by atoms with E-state index in [4.69, 9.17) is 11.5 Å². The molecule has 110 valence electrons. The van der Waals surface area contributed by atoms with Crippen LogP contribution >= 0.6 is 0 Å². The van der Waals surface area contributed by atoms with Crippen LogP contribution in [0.3, 0.4) is 0 Å². The number of amides is 1. The molecular weight excluding hydrogens is 238 g/mol. The average Bonchev–Trinajstić information content (AvgIpc) is 2.95. The summed E-state index contributed by atoms with van der Waals surface area (Å²) in [7, 11) is 0. The Kier molecular flexibility index (Phi) is 4.51. The van der Waals surface area contributed by atoms with Crippen molar-refractivity contribution in [2.75, 3.05) is 6.54 Å². The number of primary amides is 1. The van der Waals surface area contributed by atoms with Gasteiger partial charge in [0.2, 0.25) is 5.91 Å². The molecule has 2 aliphatic carbocycles. The fraction of sp³-hybridized carbons (Fsp3) is 0.933. The van der Waals surface area contributed by atoms with E-state index < -0.39 is 5.54 Å². The number of carbonyl (C=O) groups excluding carboxylic acids is 1. The lowest BCUT2D eigenvalue weighted by Crippen LogP contribution is -2.52. The van der Waals surface area contributed by atoms with Gasteiger partial charge in [-0.05, 0) is 38.0 Å². The van der Waals surface area contributed by atoms with Gasteiger partial charge in [0.25, 0.3) is 0 Å². The molecule has 2 atom stereocenters. The monoisotopic (exact) mass is 267 g/mol. The third-order valence-corrected chi connectivity index (χ3v) is 4.85. The van der Waals surface area contributed by atoms with Gasteiger partial charge in [-0.3, -0.25) is 9.69 Å². The SMILES string of the molecule is CC(C)CN(C1CCCC1)C1CCC(N)(C(N)=O)C1. The zero-order valence-electron chi connectivity index (χ0n) is 12.4. The van der Waals surface area contributed by atoms with E-state index in [1.807, 2.05) is 0 Å². The van der Waals surface area contributed by atoms with Gasteiger partial charge in [-0.25, -0.2) is 0 Å². The van der Waals surface area contributed by atoms with E-state index in [0.717, 1.165) is 25.8 Å². The molecule has 1 amide bonds. The summed E-state index contributed by atoms with van der Waals surface area (Å²) in [5.41, 5.74) is 10.9. The highest BCUT2D eigenvalue weighted by atomic mass is 16.1. The molecule has 2 fully saturated rings. The maximum absolute atomic E-state index is 11.5. The zero-order chi connectivity index (χ0) is 14.0. The lowest BCUT2D eigenvalue weighted by molar-refractivity contribution is -0.123. The first-order valence-electron chi connectivity index (χ1n) is 7.77. The highest BCUT2D eigenvalue weighted by Crippen LogP contribution is 2.35. The molecule has 4 nitrogen and oxygen atoms in total. The van der Waals surface area contributed by atoms with E-state index in [2.05, 4.69) is 18.7 Å². The second-order valence-electron chi connectivity index (χ2n) is 6.95. The summed E-state index contributed by atoms with van der Waals surface area (Å²) in [5.74, 6) is 0.327. The maximum Gasteiger partial charge on any atom is 0.237 e. The van der Waals surface area contributed by atoms with E-state index in [1.165, 1.54) is 25.7 Å². The van der Waals surface area contributed by atoms with Crippen LogP contribution in [0.25, 0.3) is 0 Å². The van der Waals surface area contributed by atoms with Gasteiger partial charge in [0.15, 0.2) is 0 Å². The average molecular weight is 267 g/mol. The summed E-state index contributed by atoms with van der Waals surface area (Å²) in [4.78, 5) is 14.1. The predicted octanol–water partition coefficient (Wildman–Crippen LogP) is 1.62. The normalized spacial score (nSPS) is 32.6. The second-order valence-corrected chi connectivity index (χ2v) is 6.95. The molecule has 4 heteroatoms. The molecule has 4 N–H and O–H groups in total. The van der Waals surface area contributed by atoms with Crippen LogP contribution in [0.4, 0.5) is 0 Å². The van der Waals surface area contributed by atoms with Crippen LogP contribution in [-0.4, -0.2) is 35.0 Å². The zero-order valence-corrected chi connectivity index (χ0v) is 12.4. The van der Waals surface area contributed by atoms with Gasteiger partial charge in [-0.15, -0.1) is 0 Å². The van der Waals surface area contributed by atoms with E-state index in [1.54, 1.807) is 0 Å². The summed E-state index contributed by atoms with van der Waals surface area (Å²) in [6.45, 7) is 5.64. The predicted molar refractivity (Wildman–Crippen MR) is 77.6 cm³/mol. The minimum Gasteiger partial charge on any atom is -0.368 e. The lowest BCUT2D eigenvalue weighted by atomic mass is 9.97.